The molecule has 6 heteroatoms. The van der Waals surface area contributed by atoms with Gasteiger partial charge in [0.05, 0.1) is 12.7 Å². The van der Waals surface area contributed by atoms with E-state index in [2.05, 4.69) is 4.98 Å². The Kier molecular flexibility index (Phi) is 6.14. The van der Waals surface area contributed by atoms with Gasteiger partial charge in [-0.15, -0.1) is 0 Å². The van der Waals surface area contributed by atoms with E-state index >= 15 is 0 Å². The number of hydrogen-bond acceptors (Lipinski definition) is 5. The molecule has 0 spiro atoms. The van der Waals surface area contributed by atoms with Gasteiger partial charge in [0, 0.05) is 24.3 Å². The second-order valence-electron chi connectivity index (χ2n) is 5.15. The lowest BCUT2D eigenvalue weighted by molar-refractivity contribution is -0.138. The van der Waals surface area contributed by atoms with Gasteiger partial charge in [-0.3, -0.25) is 4.79 Å². The number of carbonyl (C=O) groups is 2. The first-order chi connectivity index (χ1) is 9.86. The predicted octanol–water partition coefficient (Wildman–Crippen LogP) is 1.89. The van der Waals surface area contributed by atoms with Gasteiger partial charge in [-0.25, -0.2) is 9.78 Å². The highest BCUT2D eigenvalue weighted by molar-refractivity contribution is 5.91. The normalized spacial score (nSPS) is 10.6. The van der Waals surface area contributed by atoms with Crippen LogP contribution in [-0.2, 0) is 9.53 Å². The fourth-order valence-electron chi connectivity index (χ4n) is 2.08. The standard InChI is InChI=1S/C15H22N2O4/c1-10(2)17(11(3)4)14(18)9-21-15(19)12-6-7-13(20-5)16-8-12/h6-8,10-11H,9H2,1-5H3. The summed E-state index contributed by atoms with van der Waals surface area (Å²) in [4.78, 5) is 29.5. The monoisotopic (exact) mass is 294 g/mol. The average molecular weight is 294 g/mol. The SMILES string of the molecule is COc1ccc(C(=O)OCC(=O)N(C(C)C)C(C)C)cn1. The molecule has 0 aromatic carbocycles. The first-order valence-electron chi connectivity index (χ1n) is 6.85. The third-order valence-electron chi connectivity index (χ3n) is 2.91. The zero-order valence-corrected chi connectivity index (χ0v) is 13.1. The highest BCUT2D eigenvalue weighted by Gasteiger charge is 2.21. The van der Waals surface area contributed by atoms with E-state index in [1.807, 2.05) is 27.7 Å². The van der Waals surface area contributed by atoms with Crippen LogP contribution in [0.2, 0.25) is 0 Å². The first kappa shape index (κ1) is 16.9. The highest BCUT2D eigenvalue weighted by atomic mass is 16.5. The molecule has 0 fully saturated rings. The third kappa shape index (κ3) is 4.73. The number of carbonyl (C=O) groups excluding carboxylic acids is 2. The Bertz CT molecular complexity index is 475. The predicted molar refractivity (Wildman–Crippen MR) is 78.2 cm³/mol. The fourth-order valence-corrected chi connectivity index (χ4v) is 2.08. The van der Waals surface area contributed by atoms with Crippen molar-refractivity contribution in [2.75, 3.05) is 13.7 Å². The molecule has 0 aliphatic carbocycles. The summed E-state index contributed by atoms with van der Waals surface area (Å²) in [6, 6.07) is 3.21. The van der Waals surface area contributed by atoms with Crippen molar-refractivity contribution < 1.29 is 19.1 Å². The summed E-state index contributed by atoms with van der Waals surface area (Å²) < 4.78 is 9.94. The maximum atomic E-state index is 12.1. The van der Waals surface area contributed by atoms with Crippen molar-refractivity contribution in [3.63, 3.8) is 0 Å². The van der Waals surface area contributed by atoms with E-state index in [4.69, 9.17) is 9.47 Å². The van der Waals surface area contributed by atoms with Crippen molar-refractivity contribution in [2.45, 2.75) is 39.8 Å². The molecule has 0 N–H and O–H groups in total. The molecule has 1 aromatic heterocycles. The topological polar surface area (TPSA) is 68.7 Å². The van der Waals surface area contributed by atoms with Gasteiger partial charge in [-0.2, -0.15) is 0 Å². The summed E-state index contributed by atoms with van der Waals surface area (Å²) in [5, 5.41) is 0. The van der Waals surface area contributed by atoms with Crippen LogP contribution in [0.15, 0.2) is 18.3 Å². The van der Waals surface area contributed by atoms with E-state index in [0.29, 0.717) is 5.88 Å². The van der Waals surface area contributed by atoms with Crippen LogP contribution < -0.4 is 4.74 Å². The molecular formula is C15H22N2O4. The average Bonchev–Trinajstić information content (AvgIpc) is 2.44. The third-order valence-corrected chi connectivity index (χ3v) is 2.91. The van der Waals surface area contributed by atoms with E-state index in [1.165, 1.54) is 13.3 Å². The Morgan fingerprint density at radius 3 is 2.24 bits per heavy atom. The molecule has 1 aromatic rings. The fraction of sp³-hybridized carbons (Fsp3) is 0.533. The number of rotatable bonds is 6. The van der Waals surface area contributed by atoms with Gasteiger partial charge in [-0.05, 0) is 33.8 Å². The van der Waals surface area contributed by atoms with Crippen molar-refractivity contribution in [2.24, 2.45) is 0 Å². The van der Waals surface area contributed by atoms with Gasteiger partial charge in [0.1, 0.15) is 0 Å². The second kappa shape index (κ2) is 7.61. The largest absolute Gasteiger partial charge is 0.481 e. The Morgan fingerprint density at radius 2 is 1.81 bits per heavy atom. The summed E-state index contributed by atoms with van der Waals surface area (Å²) in [7, 11) is 1.49. The van der Waals surface area contributed by atoms with Crippen LogP contribution in [0, 0.1) is 0 Å². The number of methoxy groups -OCH3 is 1. The zero-order valence-electron chi connectivity index (χ0n) is 13.1. The molecule has 0 atom stereocenters. The molecule has 0 saturated heterocycles. The van der Waals surface area contributed by atoms with Crippen LogP contribution in [0.4, 0.5) is 0 Å². The molecule has 0 radical (unpaired) electrons. The summed E-state index contributed by atoms with van der Waals surface area (Å²) in [6.45, 7) is 7.42. The molecule has 1 rings (SSSR count). The van der Waals surface area contributed by atoms with Crippen LogP contribution in [-0.4, -0.2) is 47.6 Å². The molecule has 0 bridgehead atoms. The smallest absolute Gasteiger partial charge is 0.340 e. The van der Waals surface area contributed by atoms with Crippen LogP contribution in [0.25, 0.3) is 0 Å². The Hall–Kier alpha value is -2.11. The molecular weight excluding hydrogens is 272 g/mol. The number of ether oxygens (including phenoxy) is 2. The first-order valence-corrected chi connectivity index (χ1v) is 6.85. The molecule has 0 aliphatic rings. The van der Waals surface area contributed by atoms with Crippen LogP contribution in [0.3, 0.4) is 0 Å². The van der Waals surface area contributed by atoms with Gasteiger partial charge >= 0.3 is 5.97 Å². The van der Waals surface area contributed by atoms with Crippen molar-refractivity contribution in [3.8, 4) is 5.88 Å². The number of aromatic nitrogens is 1. The lowest BCUT2D eigenvalue weighted by atomic mass is 10.2. The Morgan fingerprint density at radius 1 is 1.19 bits per heavy atom. The quantitative estimate of drug-likeness (QED) is 0.749. The minimum atomic E-state index is -0.578. The van der Waals surface area contributed by atoms with Gasteiger partial charge in [0.25, 0.3) is 5.91 Å². The van der Waals surface area contributed by atoms with E-state index in [9.17, 15) is 9.59 Å². The number of esters is 1. The van der Waals surface area contributed by atoms with Gasteiger partial charge in [-0.1, -0.05) is 0 Å². The van der Waals surface area contributed by atoms with Gasteiger partial charge < -0.3 is 14.4 Å². The molecule has 1 heterocycles. The molecule has 0 saturated carbocycles. The van der Waals surface area contributed by atoms with Gasteiger partial charge in [0.2, 0.25) is 5.88 Å². The molecule has 0 aliphatic heterocycles. The van der Waals surface area contributed by atoms with Crippen molar-refractivity contribution >= 4 is 11.9 Å². The van der Waals surface area contributed by atoms with E-state index in [1.54, 1.807) is 17.0 Å². The van der Waals surface area contributed by atoms with Crippen molar-refractivity contribution in [3.05, 3.63) is 23.9 Å². The van der Waals surface area contributed by atoms with Crippen LogP contribution in [0.1, 0.15) is 38.1 Å². The number of amides is 1. The molecule has 0 unspecified atom stereocenters. The van der Waals surface area contributed by atoms with Crippen molar-refractivity contribution in [1.82, 2.24) is 9.88 Å². The van der Waals surface area contributed by atoms with E-state index < -0.39 is 5.97 Å². The molecule has 6 nitrogen and oxygen atoms in total. The van der Waals surface area contributed by atoms with Crippen LogP contribution >= 0.6 is 0 Å². The van der Waals surface area contributed by atoms with Crippen molar-refractivity contribution in [1.29, 1.82) is 0 Å². The van der Waals surface area contributed by atoms with E-state index in [0.717, 1.165) is 0 Å². The summed E-state index contributed by atoms with van der Waals surface area (Å²) in [5.74, 6) is -0.380. The number of nitrogens with zero attached hydrogens (tertiary/aromatic N) is 2. The number of pyridine rings is 1. The molecule has 21 heavy (non-hydrogen) atoms. The van der Waals surface area contributed by atoms with Gasteiger partial charge in [0.15, 0.2) is 6.61 Å². The summed E-state index contributed by atoms with van der Waals surface area (Å²) in [6.07, 6.45) is 1.36. The molecule has 116 valence electrons. The van der Waals surface area contributed by atoms with Crippen LogP contribution in [0.5, 0.6) is 5.88 Å². The minimum Gasteiger partial charge on any atom is -0.481 e. The zero-order chi connectivity index (χ0) is 16.0. The second-order valence-corrected chi connectivity index (χ2v) is 5.15. The molecule has 1 amide bonds. The minimum absolute atomic E-state index is 0.0545. The lowest BCUT2D eigenvalue weighted by Crippen LogP contribution is -2.44. The van der Waals surface area contributed by atoms with E-state index in [-0.39, 0.29) is 30.2 Å². The maximum Gasteiger partial charge on any atom is 0.340 e. The lowest BCUT2D eigenvalue weighted by Gasteiger charge is -2.30. The Labute approximate surface area is 125 Å². The number of hydrogen-bond donors (Lipinski definition) is 0. The summed E-state index contributed by atoms with van der Waals surface area (Å²) >= 11 is 0. The Balaban J connectivity index is 2.61. The highest BCUT2D eigenvalue weighted by Crippen LogP contribution is 2.09. The summed E-state index contributed by atoms with van der Waals surface area (Å²) in [5.41, 5.74) is 0.282. The maximum absolute atomic E-state index is 12.1.